The minimum absolute atomic E-state index is 0.0592. The first-order chi connectivity index (χ1) is 13.3. The van der Waals surface area contributed by atoms with Gasteiger partial charge in [-0.05, 0) is 61.4 Å². The van der Waals surface area contributed by atoms with E-state index in [0.717, 1.165) is 16.8 Å². The van der Waals surface area contributed by atoms with E-state index < -0.39 is 0 Å². The smallest absolute Gasteiger partial charge is 0.255 e. The third-order valence-corrected chi connectivity index (χ3v) is 4.63. The Morgan fingerprint density at radius 3 is 2.25 bits per heavy atom. The number of amides is 2. The van der Waals surface area contributed by atoms with Crippen molar-refractivity contribution in [3.8, 4) is 5.69 Å². The summed E-state index contributed by atoms with van der Waals surface area (Å²) in [6.45, 7) is 7.62. The van der Waals surface area contributed by atoms with E-state index in [1.54, 1.807) is 6.07 Å². The lowest BCUT2D eigenvalue weighted by atomic mass is 10.1. The van der Waals surface area contributed by atoms with Crippen molar-refractivity contribution in [3.63, 3.8) is 0 Å². The van der Waals surface area contributed by atoms with Crippen molar-refractivity contribution in [2.45, 2.75) is 27.7 Å². The molecule has 0 saturated carbocycles. The molecule has 144 valence electrons. The van der Waals surface area contributed by atoms with Crippen LogP contribution in [0.4, 0.5) is 11.4 Å². The number of nitrogens with one attached hydrogen (secondary N) is 2. The van der Waals surface area contributed by atoms with E-state index >= 15 is 0 Å². The predicted octanol–water partition coefficient (Wildman–Crippen LogP) is 4.94. The maximum Gasteiger partial charge on any atom is 0.255 e. The van der Waals surface area contributed by atoms with Crippen LogP contribution < -0.4 is 10.6 Å². The summed E-state index contributed by atoms with van der Waals surface area (Å²) in [5.41, 5.74) is 4.89. The zero-order valence-electron chi connectivity index (χ0n) is 16.6. The molecule has 28 heavy (non-hydrogen) atoms. The molecule has 0 aliphatic heterocycles. The summed E-state index contributed by atoms with van der Waals surface area (Å²) in [6, 6.07) is 15.0. The van der Waals surface area contributed by atoms with Gasteiger partial charge >= 0.3 is 0 Å². The predicted molar refractivity (Wildman–Crippen MR) is 113 cm³/mol. The van der Waals surface area contributed by atoms with Crippen LogP contribution >= 0.6 is 0 Å². The fourth-order valence-corrected chi connectivity index (χ4v) is 2.84. The molecule has 5 heteroatoms. The number of anilines is 2. The first-order valence-corrected chi connectivity index (χ1v) is 9.32. The largest absolute Gasteiger partial charge is 0.326 e. The van der Waals surface area contributed by atoms with Gasteiger partial charge in [0, 0.05) is 40.9 Å². The van der Waals surface area contributed by atoms with Crippen LogP contribution in [0.2, 0.25) is 0 Å². The van der Waals surface area contributed by atoms with Crippen molar-refractivity contribution < 1.29 is 9.59 Å². The number of nitrogens with zero attached hydrogens (tertiary/aromatic N) is 1. The molecule has 2 amide bonds. The lowest BCUT2D eigenvalue weighted by Gasteiger charge is -2.14. The van der Waals surface area contributed by atoms with E-state index in [0.29, 0.717) is 16.9 Å². The molecule has 0 radical (unpaired) electrons. The number of aryl methyl sites for hydroxylation is 2. The highest BCUT2D eigenvalue weighted by Gasteiger charge is 2.12. The summed E-state index contributed by atoms with van der Waals surface area (Å²) in [6.07, 6.45) is 3.91. The molecule has 0 atom stereocenters. The molecule has 0 spiro atoms. The number of aromatic nitrogens is 1. The van der Waals surface area contributed by atoms with E-state index in [-0.39, 0.29) is 17.7 Å². The van der Waals surface area contributed by atoms with Gasteiger partial charge in [-0.1, -0.05) is 26.0 Å². The van der Waals surface area contributed by atoms with Gasteiger partial charge in [-0.15, -0.1) is 0 Å². The number of hydrogen-bond donors (Lipinski definition) is 2. The topological polar surface area (TPSA) is 63.1 Å². The Bertz CT molecular complexity index is 1000. The van der Waals surface area contributed by atoms with Crippen LogP contribution in [-0.4, -0.2) is 16.4 Å². The molecule has 0 saturated heterocycles. The minimum Gasteiger partial charge on any atom is -0.326 e. The summed E-state index contributed by atoms with van der Waals surface area (Å²) in [4.78, 5) is 24.8. The average molecular weight is 375 g/mol. The third kappa shape index (κ3) is 4.31. The molecule has 3 aromatic rings. The Morgan fingerprint density at radius 1 is 0.893 bits per heavy atom. The van der Waals surface area contributed by atoms with Crippen LogP contribution in [0.25, 0.3) is 5.69 Å². The van der Waals surface area contributed by atoms with Crippen LogP contribution in [0, 0.1) is 19.8 Å². The van der Waals surface area contributed by atoms with Gasteiger partial charge in [-0.25, -0.2) is 0 Å². The molecule has 0 aliphatic rings. The number of carbonyl (C=O) groups is 2. The van der Waals surface area contributed by atoms with E-state index in [2.05, 4.69) is 10.6 Å². The summed E-state index contributed by atoms with van der Waals surface area (Å²) < 4.78 is 1.99. The SMILES string of the molecule is Cc1ccc(NC(=O)C(C)C)cc1NC(=O)c1ccc(C)c(-n2cccc2)c1. The molecule has 0 fully saturated rings. The van der Waals surface area contributed by atoms with Crippen LogP contribution in [-0.2, 0) is 4.79 Å². The van der Waals surface area contributed by atoms with Gasteiger partial charge in [0.25, 0.3) is 5.91 Å². The van der Waals surface area contributed by atoms with Crippen molar-refractivity contribution in [2.24, 2.45) is 5.92 Å². The average Bonchev–Trinajstić information content (AvgIpc) is 3.19. The van der Waals surface area contributed by atoms with Gasteiger partial charge in [-0.3, -0.25) is 9.59 Å². The van der Waals surface area contributed by atoms with Crippen molar-refractivity contribution in [1.29, 1.82) is 0 Å². The molecule has 2 N–H and O–H groups in total. The molecule has 2 aromatic carbocycles. The van der Waals surface area contributed by atoms with Crippen LogP contribution in [0.3, 0.4) is 0 Å². The van der Waals surface area contributed by atoms with Gasteiger partial charge in [0.05, 0.1) is 0 Å². The van der Waals surface area contributed by atoms with Crippen molar-refractivity contribution in [1.82, 2.24) is 4.57 Å². The Labute approximate surface area is 165 Å². The second-order valence-electron chi connectivity index (χ2n) is 7.22. The first-order valence-electron chi connectivity index (χ1n) is 9.32. The fraction of sp³-hybridized carbons (Fsp3) is 0.217. The molecule has 1 aromatic heterocycles. The minimum atomic E-state index is -0.191. The maximum atomic E-state index is 12.8. The summed E-state index contributed by atoms with van der Waals surface area (Å²) in [5, 5.41) is 5.83. The number of carbonyl (C=O) groups excluding carboxylic acids is 2. The van der Waals surface area contributed by atoms with Crippen molar-refractivity contribution >= 4 is 23.2 Å². The normalized spacial score (nSPS) is 10.8. The van der Waals surface area contributed by atoms with E-state index in [4.69, 9.17) is 0 Å². The summed E-state index contributed by atoms with van der Waals surface area (Å²) in [5.74, 6) is -0.362. The molecule has 0 unspecified atom stereocenters. The maximum absolute atomic E-state index is 12.8. The lowest BCUT2D eigenvalue weighted by molar-refractivity contribution is -0.118. The Morgan fingerprint density at radius 2 is 1.57 bits per heavy atom. The molecular formula is C23H25N3O2. The second kappa shape index (κ2) is 8.13. The van der Waals surface area contributed by atoms with Crippen LogP contribution in [0.1, 0.15) is 35.3 Å². The zero-order chi connectivity index (χ0) is 20.3. The van der Waals surface area contributed by atoms with Crippen LogP contribution in [0.15, 0.2) is 60.9 Å². The molecular weight excluding hydrogens is 350 g/mol. The summed E-state index contributed by atoms with van der Waals surface area (Å²) >= 11 is 0. The highest BCUT2D eigenvalue weighted by molar-refractivity contribution is 6.05. The van der Waals surface area contributed by atoms with Gasteiger partial charge in [-0.2, -0.15) is 0 Å². The molecule has 0 bridgehead atoms. The van der Waals surface area contributed by atoms with Gasteiger partial charge < -0.3 is 15.2 Å². The summed E-state index contributed by atoms with van der Waals surface area (Å²) in [7, 11) is 0. The third-order valence-electron chi connectivity index (χ3n) is 4.63. The highest BCUT2D eigenvalue weighted by Crippen LogP contribution is 2.23. The van der Waals surface area contributed by atoms with E-state index in [1.165, 1.54) is 0 Å². The zero-order valence-corrected chi connectivity index (χ0v) is 16.6. The van der Waals surface area contributed by atoms with Gasteiger partial charge in [0.15, 0.2) is 0 Å². The standard InChI is InChI=1S/C23H25N3O2/c1-15(2)22(27)24-19-10-8-16(3)20(14-19)25-23(28)18-9-7-17(4)21(13-18)26-11-5-6-12-26/h5-15H,1-4H3,(H,24,27)(H,25,28). The Hall–Kier alpha value is -3.34. The van der Waals surface area contributed by atoms with E-state index in [9.17, 15) is 9.59 Å². The molecule has 5 nitrogen and oxygen atoms in total. The second-order valence-corrected chi connectivity index (χ2v) is 7.22. The Balaban J connectivity index is 1.83. The number of benzene rings is 2. The van der Waals surface area contributed by atoms with E-state index in [1.807, 2.05) is 87.1 Å². The lowest BCUT2D eigenvalue weighted by Crippen LogP contribution is -2.18. The highest BCUT2D eigenvalue weighted by atomic mass is 16.2. The van der Waals surface area contributed by atoms with Crippen molar-refractivity contribution in [2.75, 3.05) is 10.6 Å². The Kier molecular flexibility index (Phi) is 5.64. The van der Waals surface area contributed by atoms with Gasteiger partial charge in [0.1, 0.15) is 0 Å². The monoisotopic (exact) mass is 375 g/mol. The fourth-order valence-electron chi connectivity index (χ4n) is 2.84. The number of rotatable bonds is 5. The molecule has 1 heterocycles. The molecule has 3 rings (SSSR count). The van der Waals surface area contributed by atoms with Crippen LogP contribution in [0.5, 0.6) is 0 Å². The number of hydrogen-bond acceptors (Lipinski definition) is 2. The molecule has 0 aliphatic carbocycles. The first kappa shape index (κ1) is 19.4. The van der Waals surface area contributed by atoms with Gasteiger partial charge in [0.2, 0.25) is 5.91 Å². The quantitative estimate of drug-likeness (QED) is 0.663. The van der Waals surface area contributed by atoms with Crippen molar-refractivity contribution in [3.05, 3.63) is 77.6 Å².